The summed E-state index contributed by atoms with van der Waals surface area (Å²) in [4.78, 5) is 16.4. The highest BCUT2D eigenvalue weighted by molar-refractivity contribution is 7.89. The normalized spacial score (nSPS) is 15.4. The smallest absolute Gasteiger partial charge is 0.422 e. The zero-order valence-corrected chi connectivity index (χ0v) is 19.0. The molecule has 0 spiro atoms. The summed E-state index contributed by atoms with van der Waals surface area (Å²) in [6, 6.07) is 8.62. The summed E-state index contributed by atoms with van der Waals surface area (Å²) in [5.41, 5.74) is 0.380. The van der Waals surface area contributed by atoms with Crippen LogP contribution in [0.5, 0.6) is 5.88 Å². The molecule has 0 aliphatic heterocycles. The molecule has 0 bridgehead atoms. The van der Waals surface area contributed by atoms with Crippen LogP contribution < -0.4 is 10.1 Å². The Labute approximate surface area is 191 Å². The van der Waals surface area contributed by atoms with Crippen LogP contribution in [0.1, 0.15) is 48.0 Å². The minimum Gasteiger partial charge on any atom is -0.468 e. The van der Waals surface area contributed by atoms with Crippen molar-refractivity contribution in [2.45, 2.75) is 55.8 Å². The van der Waals surface area contributed by atoms with Gasteiger partial charge in [0.15, 0.2) is 6.61 Å². The Hall–Kier alpha value is -2.66. The first-order valence-electron chi connectivity index (χ1n) is 10.6. The number of nitrogens with one attached hydrogen (secondary N) is 1. The summed E-state index contributed by atoms with van der Waals surface area (Å²) >= 11 is 0. The predicted octanol–water partition coefficient (Wildman–Crippen LogP) is 3.91. The first-order chi connectivity index (χ1) is 15.6. The Morgan fingerprint density at radius 1 is 1.18 bits per heavy atom. The maximum absolute atomic E-state index is 13.1. The summed E-state index contributed by atoms with van der Waals surface area (Å²) in [6.45, 7) is -1.64. The van der Waals surface area contributed by atoms with Gasteiger partial charge in [-0.2, -0.15) is 17.5 Å². The molecule has 1 aliphatic rings. The molecule has 1 fully saturated rings. The van der Waals surface area contributed by atoms with Crippen molar-refractivity contribution in [3.63, 3.8) is 0 Å². The molecule has 33 heavy (non-hydrogen) atoms. The maximum atomic E-state index is 13.1. The van der Waals surface area contributed by atoms with Gasteiger partial charge in [0.25, 0.3) is 5.91 Å². The van der Waals surface area contributed by atoms with E-state index in [-0.39, 0.29) is 34.5 Å². The molecule has 0 atom stereocenters. The highest BCUT2D eigenvalue weighted by Gasteiger charge is 2.30. The van der Waals surface area contributed by atoms with Crippen molar-refractivity contribution in [2.75, 3.05) is 13.7 Å². The van der Waals surface area contributed by atoms with Gasteiger partial charge >= 0.3 is 6.18 Å². The molecule has 0 unspecified atom stereocenters. The van der Waals surface area contributed by atoms with Gasteiger partial charge in [0, 0.05) is 37.0 Å². The molecule has 1 amide bonds. The molecule has 3 rings (SSSR count). The lowest BCUT2D eigenvalue weighted by atomic mass is 9.96. The lowest BCUT2D eigenvalue weighted by Gasteiger charge is -2.30. The highest BCUT2D eigenvalue weighted by Crippen LogP contribution is 2.27. The van der Waals surface area contributed by atoms with E-state index in [1.807, 2.05) is 0 Å². The van der Waals surface area contributed by atoms with E-state index in [9.17, 15) is 26.4 Å². The topological polar surface area (TPSA) is 88.6 Å². The number of aromatic nitrogens is 1. The molecule has 1 N–H and O–H groups in total. The first kappa shape index (κ1) is 25.0. The van der Waals surface area contributed by atoms with Crippen LogP contribution in [0, 0.1) is 0 Å². The van der Waals surface area contributed by atoms with Gasteiger partial charge in [-0.05, 0) is 37.1 Å². The van der Waals surface area contributed by atoms with Crippen molar-refractivity contribution in [2.24, 2.45) is 0 Å². The molecule has 180 valence electrons. The van der Waals surface area contributed by atoms with E-state index >= 15 is 0 Å². The van der Waals surface area contributed by atoms with Gasteiger partial charge < -0.3 is 10.1 Å². The maximum Gasteiger partial charge on any atom is 0.422 e. The fraction of sp³-hybridized carbons (Fsp3) is 0.455. The lowest BCUT2D eigenvalue weighted by molar-refractivity contribution is -0.154. The Morgan fingerprint density at radius 3 is 2.61 bits per heavy atom. The number of alkyl halides is 3. The van der Waals surface area contributed by atoms with Gasteiger partial charge in [-0.25, -0.2) is 13.4 Å². The second-order valence-electron chi connectivity index (χ2n) is 7.90. The third-order valence-electron chi connectivity index (χ3n) is 5.52. The van der Waals surface area contributed by atoms with Crippen LogP contribution in [0.25, 0.3) is 0 Å². The highest BCUT2D eigenvalue weighted by atomic mass is 32.2. The zero-order valence-electron chi connectivity index (χ0n) is 18.1. The van der Waals surface area contributed by atoms with Crippen molar-refractivity contribution in [3.05, 3.63) is 53.7 Å². The minimum absolute atomic E-state index is 0.0128. The zero-order chi connectivity index (χ0) is 24.1. The molecule has 1 aromatic carbocycles. The Balaban J connectivity index is 1.69. The number of halogens is 3. The number of carbonyl (C=O) groups is 1. The summed E-state index contributed by atoms with van der Waals surface area (Å²) in [5, 5.41) is 2.58. The van der Waals surface area contributed by atoms with Crippen LogP contribution in [-0.2, 0) is 16.6 Å². The molecule has 11 heteroatoms. The van der Waals surface area contributed by atoms with Crippen molar-refractivity contribution < 1.29 is 31.1 Å². The van der Waals surface area contributed by atoms with E-state index in [2.05, 4.69) is 10.3 Å². The van der Waals surface area contributed by atoms with Gasteiger partial charge in [0.05, 0.1) is 4.90 Å². The summed E-state index contributed by atoms with van der Waals surface area (Å²) in [6.07, 6.45) is 1.44. The summed E-state index contributed by atoms with van der Waals surface area (Å²) in [5.74, 6) is -0.807. The minimum atomic E-state index is -4.52. The fourth-order valence-electron chi connectivity index (χ4n) is 3.72. The molecule has 1 aromatic heterocycles. The number of sulfonamides is 1. The van der Waals surface area contributed by atoms with Crippen LogP contribution in [0.4, 0.5) is 13.2 Å². The molecule has 0 radical (unpaired) electrons. The summed E-state index contributed by atoms with van der Waals surface area (Å²) < 4.78 is 69.5. The van der Waals surface area contributed by atoms with Gasteiger partial charge in [-0.15, -0.1) is 0 Å². The SMILES string of the molecule is CN(C1CCCCC1)S(=O)(=O)c1cccc(C(=O)NCc2cccnc2OCC(F)(F)F)c1. The second-order valence-corrected chi connectivity index (χ2v) is 9.89. The van der Waals surface area contributed by atoms with E-state index in [1.54, 1.807) is 7.05 Å². The van der Waals surface area contributed by atoms with Crippen molar-refractivity contribution in [1.82, 2.24) is 14.6 Å². The molecule has 0 saturated heterocycles. The lowest BCUT2D eigenvalue weighted by Crippen LogP contribution is -2.38. The van der Waals surface area contributed by atoms with E-state index in [0.717, 1.165) is 32.1 Å². The first-order valence-corrected chi connectivity index (χ1v) is 12.0. The van der Waals surface area contributed by atoms with Crippen LogP contribution in [0.2, 0.25) is 0 Å². The van der Waals surface area contributed by atoms with E-state index in [0.29, 0.717) is 0 Å². The third kappa shape index (κ3) is 6.67. The molecular formula is C22H26F3N3O4S. The van der Waals surface area contributed by atoms with Crippen LogP contribution in [0.15, 0.2) is 47.5 Å². The van der Waals surface area contributed by atoms with Crippen LogP contribution in [-0.4, -0.2) is 49.5 Å². The number of hydrogen-bond acceptors (Lipinski definition) is 5. The second kappa shape index (κ2) is 10.5. The van der Waals surface area contributed by atoms with E-state index in [1.165, 1.54) is 46.9 Å². The van der Waals surface area contributed by atoms with E-state index in [4.69, 9.17) is 4.74 Å². The molecule has 1 aliphatic carbocycles. The Bertz CT molecular complexity index is 1070. The monoisotopic (exact) mass is 485 g/mol. The number of amides is 1. The van der Waals surface area contributed by atoms with Gasteiger partial charge in [-0.1, -0.05) is 31.4 Å². The van der Waals surface area contributed by atoms with Crippen LogP contribution in [0.3, 0.4) is 0 Å². The molecule has 2 aromatic rings. The molecular weight excluding hydrogens is 459 g/mol. The Kier molecular flexibility index (Phi) is 7.96. The average Bonchev–Trinajstić information content (AvgIpc) is 2.81. The number of rotatable bonds is 8. The number of ether oxygens (including phenoxy) is 1. The van der Waals surface area contributed by atoms with Gasteiger partial charge in [-0.3, -0.25) is 4.79 Å². The van der Waals surface area contributed by atoms with Crippen molar-refractivity contribution in [1.29, 1.82) is 0 Å². The van der Waals surface area contributed by atoms with Crippen molar-refractivity contribution >= 4 is 15.9 Å². The largest absolute Gasteiger partial charge is 0.468 e. The average molecular weight is 486 g/mol. The molecule has 7 nitrogen and oxygen atoms in total. The fourth-order valence-corrected chi connectivity index (χ4v) is 5.18. The molecule has 1 saturated carbocycles. The Morgan fingerprint density at radius 2 is 1.91 bits per heavy atom. The van der Waals surface area contributed by atoms with Crippen molar-refractivity contribution in [3.8, 4) is 5.88 Å². The number of carbonyl (C=O) groups excluding carboxylic acids is 1. The van der Waals surface area contributed by atoms with Gasteiger partial charge in [0.2, 0.25) is 15.9 Å². The number of pyridine rings is 1. The standard InChI is InChI=1S/C22H26F3N3O4S/c1-28(18-9-3-2-4-10-18)33(30,31)19-11-5-7-16(13-19)20(29)27-14-17-8-6-12-26-21(17)32-15-22(23,24)25/h5-8,11-13,18H,2-4,9-10,14-15H2,1H3,(H,27,29). The third-order valence-corrected chi connectivity index (χ3v) is 7.43. The quantitative estimate of drug-likeness (QED) is 0.613. The number of hydrogen-bond donors (Lipinski definition) is 1. The summed E-state index contributed by atoms with van der Waals surface area (Å²) in [7, 11) is -2.21. The number of nitrogens with zero attached hydrogens (tertiary/aromatic N) is 2. The van der Waals surface area contributed by atoms with Gasteiger partial charge in [0.1, 0.15) is 0 Å². The number of benzene rings is 1. The van der Waals surface area contributed by atoms with E-state index < -0.39 is 28.7 Å². The predicted molar refractivity (Wildman–Crippen MR) is 115 cm³/mol. The van der Waals surface area contributed by atoms with Crippen LogP contribution >= 0.6 is 0 Å². The molecule has 1 heterocycles.